The summed E-state index contributed by atoms with van der Waals surface area (Å²) in [5.74, 6) is 0. The molecule has 0 aromatic heterocycles. The molecule has 1 atom stereocenters. The van der Waals surface area contributed by atoms with E-state index in [1.54, 1.807) is 37.8 Å². The summed E-state index contributed by atoms with van der Waals surface area (Å²) < 4.78 is 48.5. The molecule has 0 radical (unpaired) electrons. The quantitative estimate of drug-likeness (QED) is 0.633. The fourth-order valence-corrected chi connectivity index (χ4v) is 3.79. The van der Waals surface area contributed by atoms with Crippen molar-refractivity contribution in [1.29, 1.82) is 0 Å². The van der Waals surface area contributed by atoms with E-state index in [1.807, 2.05) is 0 Å². The lowest BCUT2D eigenvalue weighted by molar-refractivity contribution is -0.240. The van der Waals surface area contributed by atoms with Gasteiger partial charge in [-0.25, -0.2) is 0 Å². The molecular formula is C17H20F3NOSi. The minimum absolute atomic E-state index is 0.0350. The second kappa shape index (κ2) is 6.01. The van der Waals surface area contributed by atoms with Gasteiger partial charge in [0.25, 0.3) is 0 Å². The summed E-state index contributed by atoms with van der Waals surface area (Å²) in [4.78, 5) is 0. The molecule has 23 heavy (non-hydrogen) atoms. The molecule has 124 valence electrons. The fraction of sp³-hybridized carbons (Fsp3) is 0.294. The van der Waals surface area contributed by atoms with Gasteiger partial charge in [-0.1, -0.05) is 42.5 Å². The Labute approximate surface area is 135 Å². The molecule has 0 spiro atoms. The first-order valence-corrected chi connectivity index (χ1v) is 10.7. The Morgan fingerprint density at radius 3 is 1.74 bits per heavy atom. The van der Waals surface area contributed by atoms with Gasteiger partial charge in [0.05, 0.1) is 0 Å². The lowest BCUT2D eigenvalue weighted by Gasteiger charge is -2.41. The van der Waals surface area contributed by atoms with Crippen molar-refractivity contribution in [2.75, 3.05) is 5.73 Å². The lowest BCUT2D eigenvalue weighted by Crippen LogP contribution is -2.51. The molecule has 0 amide bonds. The first kappa shape index (κ1) is 17.6. The van der Waals surface area contributed by atoms with E-state index in [1.165, 1.54) is 36.4 Å². The molecule has 0 aliphatic heterocycles. The van der Waals surface area contributed by atoms with Gasteiger partial charge in [0, 0.05) is 5.69 Å². The van der Waals surface area contributed by atoms with E-state index >= 15 is 0 Å². The van der Waals surface area contributed by atoms with Crippen molar-refractivity contribution >= 4 is 14.0 Å². The van der Waals surface area contributed by atoms with E-state index in [9.17, 15) is 13.2 Å². The van der Waals surface area contributed by atoms with E-state index < -0.39 is 20.1 Å². The Morgan fingerprint density at radius 1 is 0.826 bits per heavy atom. The summed E-state index contributed by atoms with van der Waals surface area (Å²) in [7, 11) is -2.53. The van der Waals surface area contributed by atoms with Crippen LogP contribution in [0.1, 0.15) is 11.1 Å². The number of hydrogen-bond donors (Lipinski definition) is 1. The monoisotopic (exact) mass is 339 g/mol. The zero-order valence-corrected chi connectivity index (χ0v) is 14.3. The maximum absolute atomic E-state index is 14.2. The predicted molar refractivity (Wildman–Crippen MR) is 88.6 cm³/mol. The van der Waals surface area contributed by atoms with Gasteiger partial charge in [0.2, 0.25) is 5.60 Å². The highest BCUT2D eigenvalue weighted by Gasteiger charge is 2.59. The van der Waals surface area contributed by atoms with Gasteiger partial charge in [0.1, 0.15) is 0 Å². The standard InChI is InChI=1S/C17H20F3NOSi/c1-23(2,3)22-16(17(18,19)20,13-7-5-4-6-8-13)14-9-11-15(21)12-10-14/h4-12H,21H2,1-3H3. The zero-order chi connectivity index (χ0) is 17.3. The van der Waals surface area contributed by atoms with Crippen LogP contribution in [0.2, 0.25) is 19.6 Å². The summed E-state index contributed by atoms with van der Waals surface area (Å²) in [5.41, 5.74) is 3.65. The first-order chi connectivity index (χ1) is 10.6. The van der Waals surface area contributed by atoms with Gasteiger partial charge in [-0.3, -0.25) is 0 Å². The Balaban J connectivity index is 2.77. The molecular weight excluding hydrogens is 319 g/mol. The largest absolute Gasteiger partial charge is 0.425 e. The van der Waals surface area contributed by atoms with Gasteiger partial charge in [-0.05, 0) is 42.9 Å². The highest BCUT2D eigenvalue weighted by Crippen LogP contribution is 2.49. The molecule has 0 bridgehead atoms. The van der Waals surface area contributed by atoms with Crippen LogP contribution in [0.15, 0.2) is 54.6 Å². The van der Waals surface area contributed by atoms with Gasteiger partial charge < -0.3 is 10.2 Å². The van der Waals surface area contributed by atoms with Crippen LogP contribution in [0.25, 0.3) is 0 Å². The minimum Gasteiger partial charge on any atom is -0.399 e. The van der Waals surface area contributed by atoms with E-state index in [0.717, 1.165) is 0 Å². The molecule has 2 rings (SSSR count). The third-order valence-electron chi connectivity index (χ3n) is 3.36. The number of alkyl halides is 3. The molecule has 2 aromatic carbocycles. The van der Waals surface area contributed by atoms with Gasteiger partial charge in [-0.15, -0.1) is 0 Å². The van der Waals surface area contributed by atoms with E-state index in [0.29, 0.717) is 5.69 Å². The van der Waals surface area contributed by atoms with Crippen LogP contribution in [0.5, 0.6) is 0 Å². The van der Waals surface area contributed by atoms with Crippen molar-refractivity contribution in [1.82, 2.24) is 0 Å². The second-order valence-corrected chi connectivity index (χ2v) is 10.8. The number of nitrogen functional groups attached to an aromatic ring is 1. The van der Waals surface area contributed by atoms with Crippen molar-refractivity contribution in [3.05, 3.63) is 65.7 Å². The molecule has 0 saturated carbocycles. The Kier molecular flexibility index (Phi) is 4.59. The van der Waals surface area contributed by atoms with Crippen molar-refractivity contribution in [3.8, 4) is 0 Å². The first-order valence-electron chi connectivity index (χ1n) is 7.25. The third-order valence-corrected chi connectivity index (χ3v) is 4.27. The maximum Gasteiger partial charge on any atom is 0.425 e. The van der Waals surface area contributed by atoms with Crippen LogP contribution in [-0.4, -0.2) is 14.5 Å². The molecule has 2 N–H and O–H groups in total. The average Bonchev–Trinajstić information content (AvgIpc) is 2.44. The Hall–Kier alpha value is -1.79. The Bertz CT molecular complexity index is 650. The Morgan fingerprint density at radius 2 is 1.30 bits per heavy atom. The molecule has 0 aliphatic rings. The molecule has 6 heteroatoms. The predicted octanol–water partition coefficient (Wildman–Crippen LogP) is 4.93. The van der Waals surface area contributed by atoms with Gasteiger partial charge in [-0.2, -0.15) is 13.2 Å². The maximum atomic E-state index is 14.2. The van der Waals surface area contributed by atoms with E-state index in [-0.39, 0.29) is 11.1 Å². The number of nitrogens with two attached hydrogens (primary N) is 1. The topological polar surface area (TPSA) is 35.2 Å². The van der Waals surface area contributed by atoms with Crippen LogP contribution in [-0.2, 0) is 10.0 Å². The van der Waals surface area contributed by atoms with Gasteiger partial charge >= 0.3 is 6.18 Å². The van der Waals surface area contributed by atoms with Crippen LogP contribution in [0.3, 0.4) is 0 Å². The molecule has 0 aliphatic carbocycles. The lowest BCUT2D eigenvalue weighted by atomic mass is 9.85. The molecule has 1 unspecified atom stereocenters. The molecule has 0 saturated heterocycles. The van der Waals surface area contributed by atoms with E-state index in [2.05, 4.69) is 0 Å². The van der Waals surface area contributed by atoms with Crippen LogP contribution >= 0.6 is 0 Å². The van der Waals surface area contributed by atoms with Crippen LogP contribution in [0, 0.1) is 0 Å². The zero-order valence-electron chi connectivity index (χ0n) is 13.3. The SMILES string of the molecule is C[Si](C)(C)OC(c1ccccc1)(c1ccc(N)cc1)C(F)(F)F. The highest BCUT2D eigenvalue weighted by atomic mass is 28.4. The number of anilines is 1. The summed E-state index contributed by atoms with van der Waals surface area (Å²) in [6.45, 7) is 5.23. The van der Waals surface area contributed by atoms with Crippen molar-refractivity contribution < 1.29 is 17.6 Å². The summed E-state index contributed by atoms with van der Waals surface area (Å²) in [6, 6.07) is 13.4. The fourth-order valence-electron chi connectivity index (χ4n) is 2.52. The van der Waals surface area contributed by atoms with E-state index in [4.69, 9.17) is 10.2 Å². The molecule has 0 heterocycles. The normalized spacial score (nSPS) is 15.2. The highest BCUT2D eigenvalue weighted by molar-refractivity contribution is 6.69. The van der Waals surface area contributed by atoms with Crippen molar-refractivity contribution in [2.45, 2.75) is 31.4 Å². The molecule has 0 fully saturated rings. The van der Waals surface area contributed by atoms with Crippen LogP contribution in [0.4, 0.5) is 18.9 Å². The molecule has 2 nitrogen and oxygen atoms in total. The smallest absolute Gasteiger partial charge is 0.399 e. The molecule has 2 aromatic rings. The number of benzene rings is 2. The minimum atomic E-state index is -4.61. The average molecular weight is 339 g/mol. The van der Waals surface area contributed by atoms with Crippen LogP contribution < -0.4 is 5.73 Å². The number of rotatable bonds is 4. The number of halogens is 3. The summed E-state index contributed by atoms with van der Waals surface area (Å²) in [6.07, 6.45) is -4.61. The summed E-state index contributed by atoms with van der Waals surface area (Å²) in [5, 5.41) is 0. The third kappa shape index (κ3) is 3.59. The summed E-state index contributed by atoms with van der Waals surface area (Å²) >= 11 is 0. The van der Waals surface area contributed by atoms with Gasteiger partial charge in [0.15, 0.2) is 8.32 Å². The van der Waals surface area contributed by atoms with Crippen molar-refractivity contribution in [3.63, 3.8) is 0 Å². The second-order valence-electron chi connectivity index (χ2n) is 6.38. The number of hydrogen-bond acceptors (Lipinski definition) is 2. The van der Waals surface area contributed by atoms with Crippen molar-refractivity contribution in [2.24, 2.45) is 0 Å².